The number of nitrogens with zero attached hydrogens (tertiary/aromatic N) is 1. The minimum absolute atomic E-state index is 0.0435. The van der Waals surface area contributed by atoms with Crippen molar-refractivity contribution >= 4 is 11.8 Å². The van der Waals surface area contributed by atoms with Crippen molar-refractivity contribution < 1.29 is 19.8 Å². The van der Waals surface area contributed by atoms with E-state index in [1.54, 1.807) is 0 Å². The molecule has 0 aromatic rings. The maximum Gasteiger partial charge on any atom is 0.243 e. The standard InChI is InChI=1S/C21H44N6O4/c1-8-22-9-10-23-26-20(31)25-17(21(5,6)7)19(30)27-12-15(28)11-16(27)18(29)24-14(4)13(2)3/h13-17,20,22-23,25-26,28,31H,8-12H2,1-7H3,(H,24,29). The van der Waals surface area contributed by atoms with Crippen LogP contribution in [0.25, 0.3) is 0 Å². The number of rotatable bonds is 12. The van der Waals surface area contributed by atoms with Gasteiger partial charge in [-0.05, 0) is 24.8 Å². The van der Waals surface area contributed by atoms with Gasteiger partial charge in [0.1, 0.15) is 6.04 Å². The van der Waals surface area contributed by atoms with Crippen LogP contribution in [0.4, 0.5) is 0 Å². The lowest BCUT2D eigenvalue weighted by molar-refractivity contribution is -0.143. The topological polar surface area (TPSA) is 138 Å². The van der Waals surface area contributed by atoms with Gasteiger partial charge in [0.15, 0.2) is 6.35 Å². The number of hydrogen-bond donors (Lipinski definition) is 7. The Balaban J connectivity index is 2.84. The van der Waals surface area contributed by atoms with Crippen LogP contribution in [0.2, 0.25) is 0 Å². The molecule has 0 aromatic carbocycles. The molecule has 0 spiro atoms. The summed E-state index contributed by atoms with van der Waals surface area (Å²) in [5, 5.41) is 29.5. The van der Waals surface area contributed by atoms with Crippen LogP contribution < -0.4 is 26.8 Å². The maximum absolute atomic E-state index is 13.4. The molecule has 2 amide bonds. The fraction of sp³-hybridized carbons (Fsp3) is 0.905. The van der Waals surface area contributed by atoms with Gasteiger partial charge in [-0.15, -0.1) is 0 Å². The average molecular weight is 445 g/mol. The lowest BCUT2D eigenvalue weighted by Gasteiger charge is -2.37. The molecule has 5 unspecified atom stereocenters. The van der Waals surface area contributed by atoms with E-state index in [0.717, 1.165) is 13.1 Å². The molecule has 1 fully saturated rings. The summed E-state index contributed by atoms with van der Waals surface area (Å²) in [6, 6.07) is -1.55. The molecule has 0 aromatic heterocycles. The molecule has 0 saturated carbocycles. The number of carbonyl (C=O) groups is 2. The Morgan fingerprint density at radius 1 is 1.16 bits per heavy atom. The van der Waals surface area contributed by atoms with Crippen LogP contribution in [-0.2, 0) is 9.59 Å². The highest BCUT2D eigenvalue weighted by Crippen LogP contribution is 2.26. The first-order chi connectivity index (χ1) is 14.4. The largest absolute Gasteiger partial charge is 0.391 e. The van der Waals surface area contributed by atoms with Gasteiger partial charge in [-0.25, -0.2) is 5.43 Å². The Kier molecular flexibility index (Phi) is 11.3. The third kappa shape index (κ3) is 8.99. The van der Waals surface area contributed by atoms with Crippen molar-refractivity contribution in [2.45, 2.75) is 85.5 Å². The van der Waals surface area contributed by atoms with Crippen molar-refractivity contribution in [3.8, 4) is 0 Å². The first-order valence-corrected chi connectivity index (χ1v) is 11.3. The third-order valence-corrected chi connectivity index (χ3v) is 5.59. The Labute approximate surface area is 186 Å². The molecular weight excluding hydrogens is 400 g/mol. The molecule has 5 atom stereocenters. The molecule has 1 aliphatic heterocycles. The van der Waals surface area contributed by atoms with Crippen LogP contribution in [0.5, 0.6) is 0 Å². The van der Waals surface area contributed by atoms with Crippen LogP contribution in [0, 0.1) is 11.3 Å². The quantitative estimate of drug-likeness (QED) is 0.117. The third-order valence-electron chi connectivity index (χ3n) is 5.59. The maximum atomic E-state index is 13.4. The van der Waals surface area contributed by atoms with E-state index in [9.17, 15) is 19.8 Å². The fourth-order valence-electron chi connectivity index (χ4n) is 3.35. The van der Waals surface area contributed by atoms with Crippen LogP contribution in [0.3, 0.4) is 0 Å². The molecule has 1 heterocycles. The molecule has 1 rings (SSSR count). The van der Waals surface area contributed by atoms with Gasteiger partial charge >= 0.3 is 0 Å². The molecule has 0 radical (unpaired) electrons. The number of likely N-dealkylation sites (tertiary alicyclic amines) is 1. The van der Waals surface area contributed by atoms with Crippen molar-refractivity contribution in [2.24, 2.45) is 11.3 Å². The molecule has 0 bridgehead atoms. The number of aliphatic hydroxyl groups excluding tert-OH is 2. The van der Waals surface area contributed by atoms with Gasteiger partial charge in [0.05, 0.1) is 12.1 Å². The fourth-order valence-corrected chi connectivity index (χ4v) is 3.35. The molecule has 0 aliphatic carbocycles. The normalized spacial score (nSPS) is 22.5. The van der Waals surface area contributed by atoms with E-state index >= 15 is 0 Å². The van der Waals surface area contributed by atoms with Crippen LogP contribution in [0.1, 0.15) is 54.9 Å². The lowest BCUT2D eigenvalue weighted by Crippen LogP contribution is -2.62. The van der Waals surface area contributed by atoms with Gasteiger partial charge in [0.2, 0.25) is 11.8 Å². The van der Waals surface area contributed by atoms with E-state index in [2.05, 4.69) is 26.8 Å². The number of β-amino-alcohol motifs (C(OH)–C–C–N with tert-alkyl or cyclic N) is 1. The second-order valence-electron chi connectivity index (χ2n) is 9.73. The van der Waals surface area contributed by atoms with E-state index in [1.807, 2.05) is 48.5 Å². The van der Waals surface area contributed by atoms with Crippen molar-refractivity contribution in [1.82, 2.24) is 31.7 Å². The lowest BCUT2D eigenvalue weighted by atomic mass is 9.85. The Bertz CT molecular complexity index is 569. The van der Waals surface area contributed by atoms with Crippen molar-refractivity contribution in [3.05, 3.63) is 0 Å². The Hall–Kier alpha value is -1.30. The van der Waals surface area contributed by atoms with Gasteiger partial charge in [-0.3, -0.25) is 20.3 Å². The van der Waals surface area contributed by atoms with E-state index in [4.69, 9.17) is 0 Å². The molecule has 1 aliphatic rings. The highest BCUT2D eigenvalue weighted by Gasteiger charge is 2.44. The van der Waals surface area contributed by atoms with Crippen molar-refractivity contribution in [2.75, 3.05) is 26.2 Å². The average Bonchev–Trinajstić information content (AvgIpc) is 3.06. The number of hydrogen-bond acceptors (Lipinski definition) is 8. The van der Waals surface area contributed by atoms with Gasteiger partial charge in [0, 0.05) is 32.1 Å². The SMILES string of the molecule is CCNCCNNC(O)NC(C(=O)N1CC(O)CC1C(=O)NC(C)C(C)C)C(C)(C)C. The zero-order valence-corrected chi connectivity index (χ0v) is 20.2. The molecule has 7 N–H and O–H groups in total. The predicted octanol–water partition coefficient (Wildman–Crippen LogP) is -0.907. The molecule has 10 nitrogen and oxygen atoms in total. The summed E-state index contributed by atoms with van der Waals surface area (Å²) >= 11 is 0. The monoisotopic (exact) mass is 444 g/mol. The summed E-state index contributed by atoms with van der Waals surface area (Å²) in [6.45, 7) is 15.9. The van der Waals surface area contributed by atoms with Gasteiger partial charge < -0.3 is 25.7 Å². The van der Waals surface area contributed by atoms with Gasteiger partial charge in [0.25, 0.3) is 0 Å². The predicted molar refractivity (Wildman–Crippen MR) is 121 cm³/mol. The summed E-state index contributed by atoms with van der Waals surface area (Å²) in [7, 11) is 0. The summed E-state index contributed by atoms with van der Waals surface area (Å²) in [5.41, 5.74) is 5.08. The zero-order valence-electron chi connectivity index (χ0n) is 20.2. The van der Waals surface area contributed by atoms with E-state index in [0.29, 0.717) is 6.54 Å². The summed E-state index contributed by atoms with van der Waals surface area (Å²) in [6.07, 6.45) is -1.73. The summed E-state index contributed by atoms with van der Waals surface area (Å²) in [4.78, 5) is 27.7. The second kappa shape index (κ2) is 12.7. The van der Waals surface area contributed by atoms with Crippen molar-refractivity contribution in [3.63, 3.8) is 0 Å². The van der Waals surface area contributed by atoms with Crippen LogP contribution >= 0.6 is 0 Å². The summed E-state index contributed by atoms with van der Waals surface area (Å²) < 4.78 is 0. The zero-order chi connectivity index (χ0) is 23.8. The van der Waals surface area contributed by atoms with Crippen molar-refractivity contribution in [1.29, 1.82) is 0 Å². The number of hydrazine groups is 1. The number of likely N-dealkylation sites (N-methyl/N-ethyl adjacent to an activating group) is 1. The summed E-state index contributed by atoms with van der Waals surface area (Å²) in [5.74, 6) is -0.331. The highest BCUT2D eigenvalue weighted by molar-refractivity contribution is 5.91. The molecule has 1 saturated heterocycles. The van der Waals surface area contributed by atoms with E-state index in [1.165, 1.54) is 4.90 Å². The van der Waals surface area contributed by atoms with Gasteiger partial charge in [-0.1, -0.05) is 41.5 Å². The minimum Gasteiger partial charge on any atom is -0.391 e. The number of amides is 2. The van der Waals surface area contributed by atoms with Gasteiger partial charge in [-0.2, -0.15) is 0 Å². The van der Waals surface area contributed by atoms with Crippen LogP contribution in [0.15, 0.2) is 0 Å². The number of nitrogens with one attached hydrogen (secondary N) is 5. The molecule has 10 heteroatoms. The molecule has 31 heavy (non-hydrogen) atoms. The van der Waals surface area contributed by atoms with Crippen LogP contribution in [-0.4, -0.2) is 83.7 Å². The Morgan fingerprint density at radius 3 is 2.35 bits per heavy atom. The molecule has 182 valence electrons. The number of aliphatic hydroxyl groups is 2. The Morgan fingerprint density at radius 2 is 1.81 bits per heavy atom. The first-order valence-electron chi connectivity index (χ1n) is 11.3. The van der Waals surface area contributed by atoms with E-state index in [-0.39, 0.29) is 36.7 Å². The number of carbonyl (C=O) groups excluding carboxylic acids is 2. The van der Waals surface area contributed by atoms with E-state index < -0.39 is 30.0 Å². The first kappa shape index (κ1) is 27.7. The highest BCUT2D eigenvalue weighted by atomic mass is 16.3. The second-order valence-corrected chi connectivity index (χ2v) is 9.73. The smallest absolute Gasteiger partial charge is 0.243 e. The minimum atomic E-state index is -1.17. The molecular formula is C21H44N6O4.